The van der Waals surface area contributed by atoms with Gasteiger partial charge in [0.1, 0.15) is 0 Å². The Bertz CT molecular complexity index is 661. The van der Waals surface area contributed by atoms with Gasteiger partial charge in [0.05, 0.1) is 4.90 Å². The van der Waals surface area contributed by atoms with Gasteiger partial charge in [-0.3, -0.25) is 4.79 Å². The van der Waals surface area contributed by atoms with Crippen LogP contribution in [0.2, 0.25) is 0 Å². The molecule has 138 valence electrons. The summed E-state index contributed by atoms with van der Waals surface area (Å²) < 4.78 is 26.7. The molecular formula is C19H28N2O3S. The van der Waals surface area contributed by atoms with Gasteiger partial charge in [0.25, 0.3) is 0 Å². The fourth-order valence-corrected chi connectivity index (χ4v) is 5.37. The number of hydrogen-bond acceptors (Lipinski definition) is 3. The Balaban J connectivity index is 1.49. The highest BCUT2D eigenvalue weighted by Crippen LogP contribution is 2.25. The van der Waals surface area contributed by atoms with Crippen molar-refractivity contribution in [1.29, 1.82) is 0 Å². The molecule has 1 amide bonds. The third kappa shape index (κ3) is 4.61. The van der Waals surface area contributed by atoms with Crippen LogP contribution in [0.15, 0.2) is 35.2 Å². The maximum atomic E-state index is 12.6. The molecule has 0 spiro atoms. The number of rotatable bonds is 5. The van der Waals surface area contributed by atoms with Crippen LogP contribution < -0.4 is 5.32 Å². The molecule has 1 N–H and O–H groups in total. The minimum atomic E-state index is -3.44. The van der Waals surface area contributed by atoms with E-state index in [0.29, 0.717) is 36.7 Å². The lowest BCUT2D eigenvalue weighted by molar-refractivity contribution is -0.126. The van der Waals surface area contributed by atoms with E-state index < -0.39 is 10.0 Å². The van der Waals surface area contributed by atoms with E-state index in [0.717, 1.165) is 6.54 Å². The van der Waals surface area contributed by atoms with Gasteiger partial charge in [-0.25, -0.2) is 8.42 Å². The molecule has 0 bridgehead atoms. The zero-order valence-electron chi connectivity index (χ0n) is 14.7. The lowest BCUT2D eigenvalue weighted by atomic mass is 9.89. The number of nitrogens with one attached hydrogen (secondary N) is 1. The summed E-state index contributed by atoms with van der Waals surface area (Å²) in [6, 6.07) is 8.52. The molecule has 1 saturated carbocycles. The summed E-state index contributed by atoms with van der Waals surface area (Å²) in [5.74, 6) is 0.657. The number of benzene rings is 1. The summed E-state index contributed by atoms with van der Waals surface area (Å²) in [4.78, 5) is 12.7. The fraction of sp³-hybridized carbons (Fsp3) is 0.632. The number of amides is 1. The predicted molar refractivity (Wildman–Crippen MR) is 97.5 cm³/mol. The van der Waals surface area contributed by atoms with Crippen LogP contribution in [0.25, 0.3) is 0 Å². The highest BCUT2D eigenvalue weighted by Gasteiger charge is 2.32. The maximum absolute atomic E-state index is 12.6. The quantitative estimate of drug-likeness (QED) is 0.874. The summed E-state index contributed by atoms with van der Waals surface area (Å²) in [5, 5.41) is 3.10. The predicted octanol–water partition coefficient (Wildman–Crippen LogP) is 2.78. The zero-order chi connectivity index (χ0) is 17.7. The van der Waals surface area contributed by atoms with Gasteiger partial charge in [0.15, 0.2) is 0 Å². The minimum Gasteiger partial charge on any atom is -0.356 e. The first-order valence-electron chi connectivity index (χ1n) is 9.40. The first-order valence-corrected chi connectivity index (χ1v) is 10.8. The van der Waals surface area contributed by atoms with E-state index in [1.54, 1.807) is 24.3 Å². The molecule has 1 aliphatic carbocycles. The smallest absolute Gasteiger partial charge is 0.243 e. The molecule has 0 aromatic heterocycles. The van der Waals surface area contributed by atoms with Crippen molar-refractivity contribution in [2.75, 3.05) is 19.6 Å². The van der Waals surface area contributed by atoms with Crippen molar-refractivity contribution in [2.45, 2.75) is 49.8 Å². The molecule has 2 fully saturated rings. The highest BCUT2D eigenvalue weighted by atomic mass is 32.2. The van der Waals surface area contributed by atoms with Gasteiger partial charge in [-0.1, -0.05) is 37.5 Å². The van der Waals surface area contributed by atoms with Crippen molar-refractivity contribution in [3.05, 3.63) is 30.3 Å². The van der Waals surface area contributed by atoms with E-state index in [2.05, 4.69) is 5.32 Å². The minimum absolute atomic E-state index is 0.0641. The monoisotopic (exact) mass is 364 g/mol. The normalized spacial score (nSPS) is 21.1. The van der Waals surface area contributed by atoms with E-state index >= 15 is 0 Å². The number of piperidine rings is 1. The molecule has 0 radical (unpaired) electrons. The van der Waals surface area contributed by atoms with Crippen LogP contribution in [0.5, 0.6) is 0 Å². The van der Waals surface area contributed by atoms with E-state index in [1.165, 1.54) is 36.4 Å². The molecule has 25 heavy (non-hydrogen) atoms. The summed E-state index contributed by atoms with van der Waals surface area (Å²) >= 11 is 0. The lowest BCUT2D eigenvalue weighted by Crippen LogP contribution is -2.43. The van der Waals surface area contributed by atoms with Crippen molar-refractivity contribution in [2.24, 2.45) is 11.8 Å². The Kier molecular flexibility index (Phi) is 6.12. The Morgan fingerprint density at radius 3 is 2.28 bits per heavy atom. The fourth-order valence-electron chi connectivity index (χ4n) is 3.88. The van der Waals surface area contributed by atoms with Crippen molar-refractivity contribution in [3.8, 4) is 0 Å². The second-order valence-electron chi connectivity index (χ2n) is 7.24. The van der Waals surface area contributed by atoms with Crippen LogP contribution in [-0.4, -0.2) is 38.3 Å². The first-order chi connectivity index (χ1) is 12.1. The van der Waals surface area contributed by atoms with Gasteiger partial charge in [0, 0.05) is 25.6 Å². The maximum Gasteiger partial charge on any atom is 0.243 e. The molecule has 2 aliphatic rings. The molecule has 6 heteroatoms. The van der Waals surface area contributed by atoms with E-state index in [9.17, 15) is 13.2 Å². The second-order valence-corrected chi connectivity index (χ2v) is 9.18. The highest BCUT2D eigenvalue weighted by molar-refractivity contribution is 7.89. The Labute approximate surface area is 150 Å². The third-order valence-corrected chi connectivity index (χ3v) is 7.41. The van der Waals surface area contributed by atoms with Crippen molar-refractivity contribution < 1.29 is 13.2 Å². The third-order valence-electron chi connectivity index (χ3n) is 5.50. The topological polar surface area (TPSA) is 66.5 Å². The van der Waals surface area contributed by atoms with Crippen molar-refractivity contribution >= 4 is 15.9 Å². The van der Waals surface area contributed by atoms with E-state index in [4.69, 9.17) is 0 Å². The van der Waals surface area contributed by atoms with Crippen LogP contribution >= 0.6 is 0 Å². The van der Waals surface area contributed by atoms with Gasteiger partial charge < -0.3 is 5.32 Å². The largest absolute Gasteiger partial charge is 0.356 e. The summed E-state index contributed by atoms with van der Waals surface area (Å²) in [6.07, 6.45) is 7.50. The average molecular weight is 365 g/mol. The van der Waals surface area contributed by atoms with Gasteiger partial charge in [-0.05, 0) is 43.7 Å². The average Bonchev–Trinajstić information content (AvgIpc) is 2.68. The molecule has 0 unspecified atom stereocenters. The van der Waals surface area contributed by atoms with Crippen molar-refractivity contribution in [1.82, 2.24) is 9.62 Å². The molecule has 0 atom stereocenters. The van der Waals surface area contributed by atoms with Crippen LogP contribution in [0.4, 0.5) is 0 Å². The van der Waals surface area contributed by atoms with Crippen LogP contribution in [0.3, 0.4) is 0 Å². The molecule has 5 nitrogen and oxygen atoms in total. The van der Waals surface area contributed by atoms with Gasteiger partial charge in [-0.2, -0.15) is 4.31 Å². The van der Waals surface area contributed by atoms with Crippen LogP contribution in [0.1, 0.15) is 44.9 Å². The summed E-state index contributed by atoms with van der Waals surface area (Å²) in [5.41, 5.74) is 0. The number of sulfonamides is 1. The molecule has 3 rings (SSSR count). The Hall–Kier alpha value is -1.40. The molecule has 1 aliphatic heterocycles. The number of hydrogen-bond donors (Lipinski definition) is 1. The van der Waals surface area contributed by atoms with Gasteiger partial charge in [-0.15, -0.1) is 0 Å². The van der Waals surface area contributed by atoms with Crippen molar-refractivity contribution in [3.63, 3.8) is 0 Å². The Morgan fingerprint density at radius 1 is 1.00 bits per heavy atom. The van der Waals surface area contributed by atoms with Gasteiger partial charge in [0.2, 0.25) is 15.9 Å². The molecule has 1 heterocycles. The number of carbonyl (C=O) groups excluding carboxylic acids is 1. The van der Waals surface area contributed by atoms with Crippen LogP contribution in [-0.2, 0) is 14.8 Å². The van der Waals surface area contributed by atoms with Crippen LogP contribution in [0, 0.1) is 11.8 Å². The Morgan fingerprint density at radius 2 is 1.64 bits per heavy atom. The summed E-state index contributed by atoms with van der Waals surface area (Å²) in [6.45, 7) is 1.61. The zero-order valence-corrected chi connectivity index (χ0v) is 15.5. The summed E-state index contributed by atoms with van der Waals surface area (Å²) in [7, 11) is -3.44. The standard InChI is InChI=1S/C19H28N2O3S/c22-19(20-15-16-7-3-1-4-8-16)17-11-13-21(14-12-17)25(23,24)18-9-5-2-6-10-18/h2,5-6,9-10,16-17H,1,3-4,7-8,11-15H2,(H,20,22). The lowest BCUT2D eigenvalue weighted by Gasteiger charge is -2.31. The number of carbonyl (C=O) groups is 1. The first kappa shape index (κ1) is 18.4. The van der Waals surface area contributed by atoms with Gasteiger partial charge >= 0.3 is 0 Å². The number of nitrogens with zero attached hydrogens (tertiary/aromatic N) is 1. The van der Waals surface area contributed by atoms with E-state index in [-0.39, 0.29) is 11.8 Å². The second kappa shape index (κ2) is 8.32. The SMILES string of the molecule is O=C(NCC1CCCCC1)C1CCN(S(=O)(=O)c2ccccc2)CC1. The molecule has 1 aromatic rings. The molecule has 1 saturated heterocycles. The van der Waals surface area contributed by atoms with E-state index in [1.807, 2.05) is 6.07 Å². The molecule has 1 aromatic carbocycles. The molecular weight excluding hydrogens is 336 g/mol.